The second kappa shape index (κ2) is 13.7. The van der Waals surface area contributed by atoms with E-state index in [-0.39, 0.29) is 28.5 Å². The number of morpholine rings is 1. The molecule has 2 aliphatic heterocycles. The predicted molar refractivity (Wildman–Crippen MR) is 186 cm³/mol. The van der Waals surface area contributed by atoms with Gasteiger partial charge in [0.05, 0.1) is 18.9 Å². The number of piperazine rings is 1. The number of rotatable bonds is 8. The van der Waals surface area contributed by atoms with Crippen LogP contribution >= 0.6 is 11.3 Å². The summed E-state index contributed by atoms with van der Waals surface area (Å²) in [6.45, 7) is 19.0. The van der Waals surface area contributed by atoms with Gasteiger partial charge in [-0.25, -0.2) is 0 Å². The Morgan fingerprint density at radius 3 is 2.43 bits per heavy atom. The van der Waals surface area contributed by atoms with Gasteiger partial charge < -0.3 is 19.9 Å². The highest BCUT2D eigenvalue weighted by molar-refractivity contribution is 7.14. The summed E-state index contributed by atoms with van der Waals surface area (Å²) in [4.78, 5) is 52.4. The lowest BCUT2D eigenvalue weighted by Gasteiger charge is -2.45. The number of benzene rings is 1. The van der Waals surface area contributed by atoms with Crippen LogP contribution in [0.15, 0.2) is 42.6 Å². The van der Waals surface area contributed by atoms with Crippen LogP contribution in [0.1, 0.15) is 72.9 Å². The molecule has 10 nitrogen and oxygen atoms in total. The minimum atomic E-state index is -1.05. The lowest BCUT2D eigenvalue weighted by atomic mass is 9.93. The number of ether oxygens (including phenoxy) is 1. The van der Waals surface area contributed by atoms with Crippen LogP contribution in [-0.2, 0) is 26.3 Å². The van der Waals surface area contributed by atoms with Crippen LogP contribution in [0.3, 0.4) is 0 Å². The number of amides is 3. The van der Waals surface area contributed by atoms with Gasteiger partial charge in [-0.2, -0.15) is 0 Å². The minimum Gasteiger partial charge on any atom is -0.379 e. The zero-order chi connectivity index (χ0) is 34.1. The average Bonchev–Trinajstić information content (AvgIpc) is 3.50. The zero-order valence-corrected chi connectivity index (χ0v) is 29.3. The Morgan fingerprint density at radius 2 is 1.79 bits per heavy atom. The fourth-order valence-corrected chi connectivity index (χ4v) is 7.15. The number of nitrogens with zero attached hydrogens (tertiary/aromatic N) is 4. The average molecular weight is 659 g/mol. The smallest absolute Gasteiger partial charge is 0.274 e. The van der Waals surface area contributed by atoms with Crippen molar-refractivity contribution >= 4 is 40.5 Å². The van der Waals surface area contributed by atoms with E-state index in [0.29, 0.717) is 30.2 Å². The summed E-state index contributed by atoms with van der Waals surface area (Å²) in [5.74, 6) is -1.06. The van der Waals surface area contributed by atoms with Gasteiger partial charge in [-0.05, 0) is 68.5 Å². The minimum absolute atomic E-state index is 0.112. The van der Waals surface area contributed by atoms with Crippen LogP contribution in [0, 0.1) is 12.3 Å². The highest BCUT2D eigenvalue weighted by Crippen LogP contribution is 2.36. The number of pyridine rings is 1. The second-order valence-corrected chi connectivity index (χ2v) is 14.8. The van der Waals surface area contributed by atoms with E-state index in [1.807, 2.05) is 71.1 Å². The van der Waals surface area contributed by atoms with E-state index >= 15 is 0 Å². The molecule has 4 heterocycles. The zero-order valence-electron chi connectivity index (χ0n) is 28.5. The van der Waals surface area contributed by atoms with Gasteiger partial charge in [0.25, 0.3) is 11.8 Å². The van der Waals surface area contributed by atoms with Crippen LogP contribution in [0.4, 0.5) is 5.69 Å². The molecule has 0 unspecified atom stereocenters. The van der Waals surface area contributed by atoms with Gasteiger partial charge in [0.1, 0.15) is 16.1 Å². The molecule has 2 saturated heterocycles. The van der Waals surface area contributed by atoms with Crippen LogP contribution in [0.5, 0.6) is 0 Å². The lowest BCUT2D eigenvalue weighted by molar-refractivity contribution is -0.146. The van der Waals surface area contributed by atoms with Crippen molar-refractivity contribution in [2.45, 2.75) is 66.0 Å². The molecule has 3 aromatic rings. The number of carbonyl (C=O) groups excluding carboxylic acids is 3. The third-order valence-corrected chi connectivity index (χ3v) is 10.5. The first-order valence-electron chi connectivity index (χ1n) is 16.2. The van der Waals surface area contributed by atoms with E-state index in [4.69, 9.17) is 15.1 Å². The van der Waals surface area contributed by atoms with Crippen LogP contribution in [-0.4, -0.2) is 94.6 Å². The van der Waals surface area contributed by atoms with Crippen molar-refractivity contribution in [2.24, 2.45) is 0 Å². The normalized spacial score (nSPS) is 17.1. The third kappa shape index (κ3) is 7.32. The molecule has 0 bridgehead atoms. The molecule has 0 radical (unpaired) electrons. The fourth-order valence-electron chi connectivity index (χ4n) is 5.98. The molecule has 0 saturated carbocycles. The van der Waals surface area contributed by atoms with Crippen LogP contribution in [0.2, 0.25) is 0 Å². The summed E-state index contributed by atoms with van der Waals surface area (Å²) < 4.78 is 5.45. The van der Waals surface area contributed by atoms with Gasteiger partial charge in [-0.15, -0.1) is 11.3 Å². The molecule has 0 spiro atoms. The molecule has 2 N–H and O–H groups in total. The summed E-state index contributed by atoms with van der Waals surface area (Å²) in [7, 11) is 0. The molecular weight excluding hydrogens is 613 g/mol. The number of anilines is 1. The van der Waals surface area contributed by atoms with E-state index in [1.54, 1.807) is 29.7 Å². The number of thiophene rings is 1. The maximum atomic E-state index is 14.1. The molecule has 5 rings (SSSR count). The molecule has 11 heteroatoms. The van der Waals surface area contributed by atoms with Crippen molar-refractivity contribution in [3.8, 4) is 11.1 Å². The van der Waals surface area contributed by atoms with Gasteiger partial charge in [0.15, 0.2) is 0 Å². The van der Waals surface area contributed by atoms with Crippen LogP contribution in [0.25, 0.3) is 11.1 Å². The Kier molecular flexibility index (Phi) is 10.0. The topological polar surface area (TPSA) is 119 Å². The van der Waals surface area contributed by atoms with Gasteiger partial charge >= 0.3 is 0 Å². The maximum absolute atomic E-state index is 14.1. The molecule has 2 aromatic heterocycles. The molecule has 0 atom stereocenters. The largest absolute Gasteiger partial charge is 0.379 e. The summed E-state index contributed by atoms with van der Waals surface area (Å²) in [6, 6.07) is 11.5. The van der Waals surface area contributed by atoms with E-state index in [1.165, 1.54) is 11.3 Å². The molecule has 0 aliphatic carbocycles. The van der Waals surface area contributed by atoms with Gasteiger partial charge in [-0.1, -0.05) is 32.9 Å². The van der Waals surface area contributed by atoms with E-state index in [2.05, 4.69) is 10.2 Å². The summed E-state index contributed by atoms with van der Waals surface area (Å²) in [6.07, 6.45) is 1.86. The van der Waals surface area contributed by atoms with Crippen molar-refractivity contribution in [2.75, 3.05) is 51.3 Å². The van der Waals surface area contributed by atoms with Crippen molar-refractivity contribution in [3.05, 3.63) is 69.2 Å². The Bertz CT molecular complexity index is 1670. The van der Waals surface area contributed by atoms with Gasteiger partial charge in [0.2, 0.25) is 5.91 Å². The first-order chi connectivity index (χ1) is 22.2. The number of carbonyl (C=O) groups is 3. The standard InChI is InChI=1S/C36H46N6O4S/c1-8-41-13-14-42(36(6,7)34(41)45)33(44)31-28(20-29(47-31)35(3,4)5)30(37)32(43)39-25-11-9-23(2)27(19-25)24-10-12-26(38-21-24)22-40-15-17-46-18-16-40/h9-12,19-21,37H,8,13-18,22H2,1-7H3,(H,39,43). The SMILES string of the molecule is CCN1CCN(C(=O)c2sc(C(C)(C)C)cc2C(=N)C(=O)Nc2ccc(C)c(-c3ccc(CN4CCOCC4)nc3)c2)C(C)(C)C1=O. The molecule has 2 fully saturated rings. The van der Waals surface area contributed by atoms with Gasteiger partial charge in [-0.3, -0.25) is 29.7 Å². The van der Waals surface area contributed by atoms with E-state index in [9.17, 15) is 14.4 Å². The van der Waals surface area contributed by atoms with Crippen LogP contribution < -0.4 is 5.32 Å². The number of nitrogens with one attached hydrogen (secondary N) is 2. The van der Waals surface area contributed by atoms with E-state index < -0.39 is 11.4 Å². The second-order valence-electron chi connectivity index (χ2n) is 13.8. The highest BCUT2D eigenvalue weighted by atomic mass is 32.1. The molecule has 250 valence electrons. The quantitative estimate of drug-likeness (QED) is 0.316. The number of aromatic nitrogens is 1. The van der Waals surface area contributed by atoms with Crippen molar-refractivity contribution < 1.29 is 19.1 Å². The summed E-state index contributed by atoms with van der Waals surface area (Å²) in [5, 5.41) is 11.9. The first kappa shape index (κ1) is 34.4. The lowest BCUT2D eigenvalue weighted by Crippen LogP contribution is -2.64. The monoisotopic (exact) mass is 658 g/mol. The molecule has 1 aromatic carbocycles. The number of likely N-dealkylation sites (N-methyl/N-ethyl adjacent to an activating group) is 1. The number of hydrogen-bond acceptors (Lipinski definition) is 8. The Morgan fingerprint density at radius 1 is 1.06 bits per heavy atom. The predicted octanol–water partition coefficient (Wildman–Crippen LogP) is 5.34. The number of aryl methyl sites for hydroxylation is 1. The third-order valence-electron chi connectivity index (χ3n) is 8.99. The Balaban J connectivity index is 1.37. The van der Waals surface area contributed by atoms with E-state index in [0.717, 1.165) is 60.1 Å². The molecule has 3 amide bonds. The highest BCUT2D eigenvalue weighted by Gasteiger charge is 2.45. The Hall–Kier alpha value is -3.93. The molecule has 2 aliphatic rings. The van der Waals surface area contributed by atoms with Crippen molar-refractivity contribution in [1.29, 1.82) is 5.41 Å². The Labute approximate surface area is 281 Å². The van der Waals surface area contributed by atoms with Crippen molar-refractivity contribution in [3.63, 3.8) is 0 Å². The summed E-state index contributed by atoms with van der Waals surface area (Å²) >= 11 is 1.29. The maximum Gasteiger partial charge on any atom is 0.274 e. The van der Waals surface area contributed by atoms with Crippen molar-refractivity contribution in [1.82, 2.24) is 19.7 Å². The van der Waals surface area contributed by atoms with Gasteiger partial charge in [0, 0.05) is 67.2 Å². The summed E-state index contributed by atoms with van der Waals surface area (Å²) in [5.41, 5.74) is 3.04. The fraction of sp³-hybridized carbons (Fsp3) is 0.472. The number of hydrogen-bond donors (Lipinski definition) is 2. The first-order valence-corrected chi connectivity index (χ1v) is 17.0. The molecule has 47 heavy (non-hydrogen) atoms. The molecular formula is C36H46N6O4S.